The molecule has 2 atom stereocenters. The highest BCUT2D eigenvalue weighted by molar-refractivity contribution is 5.74. The SMILES string of the molecule is CC(C)CC(C(=O)OCOC(=O)C(CC(C)C)C(C)C)C(C)C. The Morgan fingerprint density at radius 2 is 0.957 bits per heavy atom. The van der Waals surface area contributed by atoms with Gasteiger partial charge in [-0.3, -0.25) is 9.59 Å². The molecule has 0 rings (SSSR count). The molecule has 0 spiro atoms. The highest BCUT2D eigenvalue weighted by Crippen LogP contribution is 2.23. The summed E-state index contributed by atoms with van der Waals surface area (Å²) < 4.78 is 10.4. The van der Waals surface area contributed by atoms with Crippen molar-refractivity contribution in [3.8, 4) is 0 Å². The monoisotopic (exact) mass is 328 g/mol. The van der Waals surface area contributed by atoms with E-state index in [1.807, 2.05) is 27.7 Å². The molecule has 23 heavy (non-hydrogen) atoms. The minimum atomic E-state index is -0.277. The van der Waals surface area contributed by atoms with Gasteiger partial charge in [-0.2, -0.15) is 0 Å². The van der Waals surface area contributed by atoms with Crippen LogP contribution in [0.4, 0.5) is 0 Å². The largest absolute Gasteiger partial charge is 0.428 e. The van der Waals surface area contributed by atoms with Gasteiger partial charge < -0.3 is 9.47 Å². The minimum absolute atomic E-state index is 0.148. The maximum absolute atomic E-state index is 12.2. The van der Waals surface area contributed by atoms with Crippen LogP contribution in [0.5, 0.6) is 0 Å². The fraction of sp³-hybridized carbons (Fsp3) is 0.895. The van der Waals surface area contributed by atoms with Gasteiger partial charge in [-0.25, -0.2) is 0 Å². The molecule has 0 aromatic carbocycles. The second-order valence-electron chi connectivity index (χ2n) is 8.00. The van der Waals surface area contributed by atoms with E-state index in [1.165, 1.54) is 0 Å². The number of hydrogen-bond donors (Lipinski definition) is 0. The Hall–Kier alpha value is -1.06. The van der Waals surface area contributed by atoms with E-state index in [1.54, 1.807) is 0 Å². The van der Waals surface area contributed by atoms with Crippen LogP contribution in [0, 0.1) is 35.5 Å². The van der Waals surface area contributed by atoms with Gasteiger partial charge in [0.25, 0.3) is 0 Å². The summed E-state index contributed by atoms with van der Waals surface area (Å²) in [6.07, 6.45) is 1.57. The maximum atomic E-state index is 12.2. The zero-order chi connectivity index (χ0) is 18.2. The summed E-state index contributed by atoms with van der Waals surface area (Å²) in [4.78, 5) is 24.3. The summed E-state index contributed by atoms with van der Waals surface area (Å²) in [5.74, 6) is 0.436. The summed E-state index contributed by atoms with van der Waals surface area (Å²) in [5, 5.41) is 0. The summed E-state index contributed by atoms with van der Waals surface area (Å²) in [5.41, 5.74) is 0. The van der Waals surface area contributed by atoms with Crippen molar-refractivity contribution in [2.45, 2.75) is 68.2 Å². The molecule has 0 saturated carbocycles. The first-order valence-corrected chi connectivity index (χ1v) is 8.89. The van der Waals surface area contributed by atoms with Gasteiger partial charge in [0.2, 0.25) is 6.79 Å². The van der Waals surface area contributed by atoms with Crippen LogP contribution < -0.4 is 0 Å². The third-order valence-corrected chi connectivity index (χ3v) is 4.07. The molecule has 0 N–H and O–H groups in total. The molecule has 0 fully saturated rings. The average Bonchev–Trinajstić information content (AvgIpc) is 2.40. The summed E-state index contributed by atoms with van der Waals surface area (Å²) >= 11 is 0. The number of carbonyl (C=O) groups excluding carboxylic acids is 2. The normalized spacial score (nSPS) is 14.4. The van der Waals surface area contributed by atoms with Gasteiger partial charge in [-0.05, 0) is 36.5 Å². The van der Waals surface area contributed by atoms with Gasteiger partial charge in [0.05, 0.1) is 11.8 Å². The van der Waals surface area contributed by atoms with Gasteiger partial charge >= 0.3 is 11.9 Å². The summed E-state index contributed by atoms with van der Waals surface area (Å²) in [7, 11) is 0. The van der Waals surface area contributed by atoms with Crippen molar-refractivity contribution in [1.29, 1.82) is 0 Å². The Morgan fingerprint density at radius 3 is 1.17 bits per heavy atom. The summed E-state index contributed by atoms with van der Waals surface area (Å²) in [6, 6.07) is 0. The standard InChI is InChI=1S/C19H36O4/c1-12(2)9-16(14(5)6)18(20)22-11-23-19(21)17(15(7)8)10-13(3)4/h12-17H,9-11H2,1-8H3. The highest BCUT2D eigenvalue weighted by Gasteiger charge is 2.27. The lowest BCUT2D eigenvalue weighted by Crippen LogP contribution is -2.28. The molecular formula is C19H36O4. The fourth-order valence-electron chi connectivity index (χ4n) is 2.66. The van der Waals surface area contributed by atoms with Crippen LogP contribution in [0.25, 0.3) is 0 Å². The molecule has 0 aromatic heterocycles. The Labute approximate surface area is 142 Å². The zero-order valence-electron chi connectivity index (χ0n) is 16.2. The van der Waals surface area contributed by atoms with Crippen molar-refractivity contribution in [2.75, 3.05) is 6.79 Å². The van der Waals surface area contributed by atoms with E-state index in [-0.39, 0.29) is 42.4 Å². The Kier molecular flexibility index (Phi) is 10.2. The molecule has 0 aliphatic carbocycles. The van der Waals surface area contributed by atoms with Crippen LogP contribution in [0.15, 0.2) is 0 Å². The molecule has 0 heterocycles. The Balaban J connectivity index is 4.45. The molecule has 0 radical (unpaired) electrons. The first-order chi connectivity index (χ1) is 10.6. The number of esters is 2. The van der Waals surface area contributed by atoms with E-state index >= 15 is 0 Å². The van der Waals surface area contributed by atoms with E-state index in [9.17, 15) is 9.59 Å². The second-order valence-corrected chi connectivity index (χ2v) is 8.00. The Morgan fingerprint density at radius 1 is 0.652 bits per heavy atom. The minimum Gasteiger partial charge on any atom is -0.428 e. The van der Waals surface area contributed by atoms with Gasteiger partial charge in [0.15, 0.2) is 0 Å². The van der Waals surface area contributed by atoms with E-state index in [4.69, 9.17) is 9.47 Å². The van der Waals surface area contributed by atoms with Crippen LogP contribution in [0.2, 0.25) is 0 Å². The van der Waals surface area contributed by atoms with Crippen molar-refractivity contribution in [3.63, 3.8) is 0 Å². The molecule has 0 bridgehead atoms. The van der Waals surface area contributed by atoms with Crippen molar-refractivity contribution >= 4 is 11.9 Å². The first-order valence-electron chi connectivity index (χ1n) is 8.89. The lowest BCUT2D eigenvalue weighted by Gasteiger charge is -2.23. The van der Waals surface area contributed by atoms with Crippen LogP contribution in [-0.2, 0) is 19.1 Å². The fourth-order valence-corrected chi connectivity index (χ4v) is 2.66. The van der Waals surface area contributed by atoms with Crippen molar-refractivity contribution < 1.29 is 19.1 Å². The van der Waals surface area contributed by atoms with E-state index < -0.39 is 0 Å². The van der Waals surface area contributed by atoms with Gasteiger partial charge in [0, 0.05) is 0 Å². The van der Waals surface area contributed by atoms with Crippen LogP contribution in [0.3, 0.4) is 0 Å². The van der Waals surface area contributed by atoms with Crippen molar-refractivity contribution in [1.82, 2.24) is 0 Å². The summed E-state index contributed by atoms with van der Waals surface area (Å²) in [6.45, 7) is 16.1. The molecule has 0 amide bonds. The van der Waals surface area contributed by atoms with Gasteiger partial charge in [-0.1, -0.05) is 55.4 Å². The van der Waals surface area contributed by atoms with E-state index in [0.717, 1.165) is 12.8 Å². The molecule has 4 heteroatoms. The van der Waals surface area contributed by atoms with Gasteiger partial charge in [-0.15, -0.1) is 0 Å². The zero-order valence-corrected chi connectivity index (χ0v) is 16.2. The highest BCUT2D eigenvalue weighted by atomic mass is 16.7. The molecule has 0 aromatic rings. The molecule has 0 aliphatic rings. The predicted molar refractivity (Wildman–Crippen MR) is 92.6 cm³/mol. The quantitative estimate of drug-likeness (QED) is 0.432. The lowest BCUT2D eigenvalue weighted by atomic mass is 9.88. The second kappa shape index (κ2) is 10.7. The third kappa shape index (κ3) is 8.97. The molecule has 4 nitrogen and oxygen atoms in total. The van der Waals surface area contributed by atoms with Crippen LogP contribution >= 0.6 is 0 Å². The molecule has 0 aliphatic heterocycles. The van der Waals surface area contributed by atoms with Crippen LogP contribution in [-0.4, -0.2) is 18.7 Å². The molecule has 2 unspecified atom stereocenters. The topological polar surface area (TPSA) is 52.6 Å². The third-order valence-electron chi connectivity index (χ3n) is 4.07. The van der Waals surface area contributed by atoms with E-state index in [0.29, 0.717) is 11.8 Å². The molecule has 0 saturated heterocycles. The lowest BCUT2D eigenvalue weighted by molar-refractivity contribution is -0.175. The number of carbonyl (C=O) groups is 2. The molecular weight excluding hydrogens is 292 g/mol. The van der Waals surface area contributed by atoms with Crippen molar-refractivity contribution in [3.05, 3.63) is 0 Å². The molecule has 136 valence electrons. The van der Waals surface area contributed by atoms with Gasteiger partial charge in [0.1, 0.15) is 0 Å². The number of ether oxygens (including phenoxy) is 2. The number of rotatable bonds is 10. The maximum Gasteiger partial charge on any atom is 0.312 e. The predicted octanol–water partition coefficient (Wildman–Crippen LogP) is 4.67. The Bertz CT molecular complexity index is 324. The first kappa shape index (κ1) is 21.9. The van der Waals surface area contributed by atoms with Crippen molar-refractivity contribution in [2.24, 2.45) is 35.5 Å². The van der Waals surface area contributed by atoms with E-state index in [2.05, 4.69) is 27.7 Å². The van der Waals surface area contributed by atoms with Crippen LogP contribution in [0.1, 0.15) is 68.2 Å². The average molecular weight is 328 g/mol. The smallest absolute Gasteiger partial charge is 0.312 e. The number of hydrogen-bond acceptors (Lipinski definition) is 4.